The summed E-state index contributed by atoms with van der Waals surface area (Å²) in [5, 5.41) is 10.6. The summed E-state index contributed by atoms with van der Waals surface area (Å²) >= 11 is 1.83. The van der Waals surface area contributed by atoms with E-state index in [1.807, 2.05) is 25.6 Å². The molecule has 0 saturated carbocycles. The summed E-state index contributed by atoms with van der Waals surface area (Å²) in [6, 6.07) is 0. The third-order valence-electron chi connectivity index (χ3n) is 3.36. The molecule has 0 saturated heterocycles. The van der Waals surface area contributed by atoms with Crippen LogP contribution in [0, 0.1) is 13.8 Å². The SMILES string of the molecule is CCNC(=NCC(C)(C)SC)NCCc1c(C)noc1C.I. The molecule has 0 fully saturated rings. The molecule has 1 rings (SSSR count). The summed E-state index contributed by atoms with van der Waals surface area (Å²) in [6.07, 6.45) is 3.00. The molecule has 1 aromatic heterocycles. The van der Waals surface area contributed by atoms with Crippen molar-refractivity contribution in [3.05, 3.63) is 17.0 Å². The quantitative estimate of drug-likeness (QED) is 0.388. The fourth-order valence-electron chi connectivity index (χ4n) is 1.84. The van der Waals surface area contributed by atoms with E-state index in [9.17, 15) is 0 Å². The lowest BCUT2D eigenvalue weighted by atomic mass is 10.1. The zero-order chi connectivity index (χ0) is 15.9. The molecule has 7 heteroatoms. The van der Waals surface area contributed by atoms with Gasteiger partial charge in [0.1, 0.15) is 5.76 Å². The molecule has 128 valence electrons. The molecule has 5 nitrogen and oxygen atoms in total. The maximum absolute atomic E-state index is 5.18. The van der Waals surface area contributed by atoms with Crippen LogP contribution in [-0.4, -0.2) is 41.8 Å². The van der Waals surface area contributed by atoms with Crippen LogP contribution in [0.2, 0.25) is 0 Å². The molecule has 2 N–H and O–H groups in total. The molecule has 0 amide bonds. The summed E-state index contributed by atoms with van der Waals surface area (Å²) < 4.78 is 5.34. The van der Waals surface area contributed by atoms with Crippen molar-refractivity contribution in [1.29, 1.82) is 0 Å². The number of nitrogens with zero attached hydrogens (tertiary/aromatic N) is 2. The molecule has 0 radical (unpaired) electrons. The Bertz CT molecular complexity index is 455. The molecule has 0 aliphatic heterocycles. The van der Waals surface area contributed by atoms with Crippen LogP contribution in [0.3, 0.4) is 0 Å². The van der Waals surface area contributed by atoms with Gasteiger partial charge >= 0.3 is 0 Å². The van der Waals surface area contributed by atoms with E-state index in [2.05, 4.69) is 47.8 Å². The Morgan fingerprint density at radius 1 is 1.32 bits per heavy atom. The van der Waals surface area contributed by atoms with Gasteiger partial charge in [-0.05, 0) is 47.3 Å². The molecule has 0 unspecified atom stereocenters. The van der Waals surface area contributed by atoms with E-state index >= 15 is 0 Å². The van der Waals surface area contributed by atoms with Crippen LogP contribution in [0.4, 0.5) is 0 Å². The van der Waals surface area contributed by atoms with Gasteiger partial charge in [0.05, 0.1) is 12.2 Å². The second-order valence-corrected chi connectivity index (χ2v) is 7.15. The fraction of sp³-hybridized carbons (Fsp3) is 0.733. The molecule has 22 heavy (non-hydrogen) atoms. The van der Waals surface area contributed by atoms with Crippen molar-refractivity contribution >= 4 is 41.7 Å². The van der Waals surface area contributed by atoms with Crippen LogP contribution in [0.1, 0.15) is 37.8 Å². The Morgan fingerprint density at radius 2 is 2.00 bits per heavy atom. The summed E-state index contributed by atoms with van der Waals surface area (Å²) in [5.41, 5.74) is 2.16. The van der Waals surface area contributed by atoms with Gasteiger partial charge in [0.2, 0.25) is 0 Å². The number of hydrogen-bond donors (Lipinski definition) is 2. The van der Waals surface area contributed by atoms with E-state index < -0.39 is 0 Å². The van der Waals surface area contributed by atoms with Crippen LogP contribution in [0.5, 0.6) is 0 Å². The zero-order valence-electron chi connectivity index (χ0n) is 14.4. The zero-order valence-corrected chi connectivity index (χ0v) is 17.6. The number of halogens is 1. The molecular weight excluding hydrogens is 411 g/mol. The van der Waals surface area contributed by atoms with Gasteiger partial charge in [-0.2, -0.15) is 11.8 Å². The molecule has 0 atom stereocenters. The second-order valence-electron chi connectivity index (χ2n) is 5.64. The topological polar surface area (TPSA) is 62.5 Å². The minimum Gasteiger partial charge on any atom is -0.361 e. The number of thioether (sulfide) groups is 1. The van der Waals surface area contributed by atoms with Crippen LogP contribution in [0.25, 0.3) is 0 Å². The lowest BCUT2D eigenvalue weighted by molar-refractivity contribution is 0.392. The van der Waals surface area contributed by atoms with Gasteiger partial charge in [0.15, 0.2) is 5.96 Å². The smallest absolute Gasteiger partial charge is 0.191 e. The van der Waals surface area contributed by atoms with Crippen molar-refractivity contribution in [2.75, 3.05) is 25.9 Å². The highest BCUT2D eigenvalue weighted by Crippen LogP contribution is 2.20. The summed E-state index contributed by atoms with van der Waals surface area (Å²) in [7, 11) is 0. The second kappa shape index (κ2) is 10.4. The molecule has 0 aliphatic carbocycles. The molecule has 0 aliphatic rings. The Morgan fingerprint density at radius 3 is 2.50 bits per heavy atom. The first-order chi connectivity index (χ1) is 9.89. The van der Waals surface area contributed by atoms with Crippen LogP contribution in [-0.2, 0) is 6.42 Å². The Balaban J connectivity index is 0.00000441. The van der Waals surface area contributed by atoms with Crippen molar-refractivity contribution in [3.8, 4) is 0 Å². The number of guanidine groups is 1. The first-order valence-corrected chi connectivity index (χ1v) is 8.61. The predicted octanol–water partition coefficient (Wildman–Crippen LogP) is 3.15. The highest BCUT2D eigenvalue weighted by molar-refractivity contribution is 14.0. The fourth-order valence-corrected chi connectivity index (χ4v) is 2.03. The number of aryl methyl sites for hydroxylation is 2. The van der Waals surface area contributed by atoms with Gasteiger partial charge in [-0.1, -0.05) is 5.16 Å². The Labute approximate surface area is 155 Å². The van der Waals surface area contributed by atoms with Crippen molar-refractivity contribution in [2.24, 2.45) is 4.99 Å². The van der Waals surface area contributed by atoms with E-state index in [0.717, 1.165) is 43.5 Å². The van der Waals surface area contributed by atoms with Gasteiger partial charge in [-0.15, -0.1) is 24.0 Å². The van der Waals surface area contributed by atoms with Gasteiger partial charge in [-0.25, -0.2) is 0 Å². The normalized spacial score (nSPS) is 12.0. The standard InChI is InChI=1S/C15H28N4OS.HI/c1-7-16-14(18-10-15(4,5)21-6)17-9-8-13-11(2)19-20-12(13)3;/h7-10H2,1-6H3,(H2,16,17,18);1H. The minimum atomic E-state index is 0. The monoisotopic (exact) mass is 440 g/mol. The van der Waals surface area contributed by atoms with E-state index in [1.165, 1.54) is 5.56 Å². The van der Waals surface area contributed by atoms with Crippen molar-refractivity contribution in [3.63, 3.8) is 0 Å². The van der Waals surface area contributed by atoms with E-state index in [4.69, 9.17) is 4.52 Å². The van der Waals surface area contributed by atoms with E-state index in [-0.39, 0.29) is 28.7 Å². The summed E-state index contributed by atoms with van der Waals surface area (Å²) in [4.78, 5) is 4.65. The maximum atomic E-state index is 5.18. The average Bonchev–Trinajstić information content (AvgIpc) is 2.76. The van der Waals surface area contributed by atoms with Crippen molar-refractivity contribution < 1.29 is 4.52 Å². The van der Waals surface area contributed by atoms with E-state index in [1.54, 1.807) is 0 Å². The lowest BCUT2D eigenvalue weighted by Crippen LogP contribution is -2.39. The first-order valence-electron chi connectivity index (χ1n) is 7.38. The maximum Gasteiger partial charge on any atom is 0.191 e. The molecule has 0 spiro atoms. The third kappa shape index (κ3) is 7.21. The van der Waals surface area contributed by atoms with Gasteiger partial charge in [-0.3, -0.25) is 4.99 Å². The van der Waals surface area contributed by atoms with Gasteiger partial charge in [0.25, 0.3) is 0 Å². The predicted molar refractivity (Wildman–Crippen MR) is 107 cm³/mol. The number of aromatic nitrogens is 1. The Hall–Kier alpha value is -0.440. The van der Waals surface area contributed by atoms with Crippen LogP contribution in [0.15, 0.2) is 9.52 Å². The van der Waals surface area contributed by atoms with Gasteiger partial charge in [0, 0.05) is 23.4 Å². The lowest BCUT2D eigenvalue weighted by Gasteiger charge is -2.20. The summed E-state index contributed by atoms with van der Waals surface area (Å²) in [5.74, 6) is 1.77. The number of nitrogens with one attached hydrogen (secondary N) is 2. The molecule has 0 aromatic carbocycles. The van der Waals surface area contributed by atoms with Crippen molar-refractivity contribution in [2.45, 2.75) is 45.8 Å². The largest absolute Gasteiger partial charge is 0.361 e. The third-order valence-corrected chi connectivity index (χ3v) is 4.60. The van der Waals surface area contributed by atoms with Crippen LogP contribution < -0.4 is 10.6 Å². The molecule has 1 aromatic rings. The highest BCUT2D eigenvalue weighted by atomic mass is 127. The summed E-state index contributed by atoms with van der Waals surface area (Å²) in [6.45, 7) is 12.9. The van der Waals surface area contributed by atoms with Gasteiger partial charge < -0.3 is 15.2 Å². The molecule has 0 bridgehead atoms. The van der Waals surface area contributed by atoms with Crippen LogP contribution >= 0.6 is 35.7 Å². The minimum absolute atomic E-state index is 0. The van der Waals surface area contributed by atoms with Crippen molar-refractivity contribution in [1.82, 2.24) is 15.8 Å². The van der Waals surface area contributed by atoms with E-state index in [0.29, 0.717) is 0 Å². The number of aliphatic imine (C=N–C) groups is 1. The molecule has 1 heterocycles. The molecular formula is C15H29IN4OS. The Kier molecular flexibility index (Phi) is 10.1. The highest BCUT2D eigenvalue weighted by Gasteiger charge is 2.15. The number of rotatable bonds is 7. The first kappa shape index (κ1) is 21.6. The number of hydrogen-bond acceptors (Lipinski definition) is 4. The average molecular weight is 440 g/mol.